The van der Waals surface area contributed by atoms with Gasteiger partial charge in [-0.3, -0.25) is 9.69 Å². The van der Waals surface area contributed by atoms with Crippen molar-refractivity contribution >= 4 is 21.6 Å². The fourth-order valence-corrected chi connectivity index (χ4v) is 2.56. The molecule has 1 fully saturated rings. The maximum Gasteiger partial charge on any atom is 0.240 e. The molecule has 0 spiro atoms. The number of oxime groups is 1. The van der Waals surface area contributed by atoms with E-state index in [0.29, 0.717) is 26.2 Å². The van der Waals surface area contributed by atoms with Crippen molar-refractivity contribution in [2.45, 2.75) is 25.1 Å². The summed E-state index contributed by atoms with van der Waals surface area (Å²) < 4.78 is 22.8. The minimum Gasteiger partial charge on any atom is -0.409 e. The Morgan fingerprint density at radius 1 is 1.25 bits per heavy atom. The van der Waals surface area contributed by atoms with Crippen molar-refractivity contribution in [1.29, 1.82) is 0 Å². The third-order valence-electron chi connectivity index (χ3n) is 3.71. The molecular formula is C11H22N4O4S. The van der Waals surface area contributed by atoms with Crippen LogP contribution in [0.25, 0.3) is 0 Å². The molecule has 2 atom stereocenters. The SMILES string of the molecule is CC(C(N)=NO)N1CCN(C(=O)C(C)S(C)(=O)=O)CC1. The summed E-state index contributed by atoms with van der Waals surface area (Å²) in [7, 11) is -3.38. The molecule has 0 bridgehead atoms. The molecule has 1 aliphatic heterocycles. The van der Waals surface area contributed by atoms with Crippen molar-refractivity contribution in [2.24, 2.45) is 10.9 Å². The number of hydrogen-bond acceptors (Lipinski definition) is 6. The van der Waals surface area contributed by atoms with Gasteiger partial charge >= 0.3 is 0 Å². The molecule has 3 N–H and O–H groups in total. The summed E-state index contributed by atoms with van der Waals surface area (Å²) >= 11 is 0. The number of rotatable bonds is 4. The number of piperazine rings is 1. The van der Waals surface area contributed by atoms with Gasteiger partial charge in [-0.15, -0.1) is 0 Å². The van der Waals surface area contributed by atoms with E-state index in [4.69, 9.17) is 10.9 Å². The van der Waals surface area contributed by atoms with Gasteiger partial charge in [0.05, 0.1) is 6.04 Å². The highest BCUT2D eigenvalue weighted by Gasteiger charge is 2.31. The molecular weight excluding hydrogens is 284 g/mol. The molecule has 1 heterocycles. The Morgan fingerprint density at radius 2 is 1.75 bits per heavy atom. The number of carbonyl (C=O) groups excluding carboxylic acids is 1. The van der Waals surface area contributed by atoms with Crippen LogP contribution in [0.2, 0.25) is 0 Å². The average Bonchev–Trinajstić information content (AvgIpc) is 2.43. The first kappa shape index (κ1) is 16.7. The number of carbonyl (C=O) groups is 1. The second kappa shape index (κ2) is 6.40. The molecule has 0 radical (unpaired) electrons. The quantitative estimate of drug-likeness (QED) is 0.288. The van der Waals surface area contributed by atoms with Crippen molar-refractivity contribution in [3.8, 4) is 0 Å². The minimum atomic E-state index is -3.38. The van der Waals surface area contributed by atoms with Crippen LogP contribution in [0, 0.1) is 0 Å². The third-order valence-corrected chi connectivity index (χ3v) is 5.19. The summed E-state index contributed by atoms with van der Waals surface area (Å²) in [5.41, 5.74) is 5.55. The van der Waals surface area contributed by atoms with Gasteiger partial charge in [-0.1, -0.05) is 5.16 Å². The molecule has 0 saturated carbocycles. The number of nitrogens with zero attached hydrogens (tertiary/aromatic N) is 3. The molecule has 0 aromatic carbocycles. The topological polar surface area (TPSA) is 116 Å². The predicted molar refractivity (Wildman–Crippen MR) is 75.3 cm³/mol. The van der Waals surface area contributed by atoms with Crippen LogP contribution in [0.5, 0.6) is 0 Å². The van der Waals surface area contributed by atoms with Crippen molar-refractivity contribution in [2.75, 3.05) is 32.4 Å². The van der Waals surface area contributed by atoms with Crippen molar-refractivity contribution in [3.05, 3.63) is 0 Å². The van der Waals surface area contributed by atoms with E-state index in [1.165, 1.54) is 6.92 Å². The molecule has 1 amide bonds. The van der Waals surface area contributed by atoms with Crippen LogP contribution in [-0.4, -0.2) is 78.9 Å². The fraction of sp³-hybridized carbons (Fsp3) is 0.818. The summed E-state index contributed by atoms with van der Waals surface area (Å²) in [4.78, 5) is 15.6. The number of amidine groups is 1. The fourth-order valence-electron chi connectivity index (χ4n) is 2.04. The zero-order valence-electron chi connectivity index (χ0n) is 12.0. The molecule has 2 unspecified atom stereocenters. The second-order valence-electron chi connectivity index (χ2n) is 5.03. The molecule has 0 aromatic rings. The summed E-state index contributed by atoms with van der Waals surface area (Å²) in [5.74, 6) is -0.252. The van der Waals surface area contributed by atoms with Gasteiger partial charge in [-0.2, -0.15) is 0 Å². The Labute approximate surface area is 119 Å². The van der Waals surface area contributed by atoms with E-state index in [9.17, 15) is 13.2 Å². The summed E-state index contributed by atoms with van der Waals surface area (Å²) in [5, 5.41) is 10.6. The summed E-state index contributed by atoms with van der Waals surface area (Å²) in [6, 6.07) is -0.218. The molecule has 9 heteroatoms. The molecule has 8 nitrogen and oxygen atoms in total. The lowest BCUT2D eigenvalue weighted by Crippen LogP contribution is -2.56. The van der Waals surface area contributed by atoms with Crippen LogP contribution >= 0.6 is 0 Å². The van der Waals surface area contributed by atoms with E-state index >= 15 is 0 Å². The maximum atomic E-state index is 12.1. The van der Waals surface area contributed by atoms with Crippen LogP contribution in [0.4, 0.5) is 0 Å². The maximum absolute atomic E-state index is 12.1. The zero-order valence-corrected chi connectivity index (χ0v) is 12.8. The molecule has 0 aliphatic carbocycles. The van der Waals surface area contributed by atoms with Crippen molar-refractivity contribution in [3.63, 3.8) is 0 Å². The molecule has 1 saturated heterocycles. The normalized spacial score (nSPS) is 21.6. The van der Waals surface area contributed by atoms with Crippen LogP contribution in [-0.2, 0) is 14.6 Å². The van der Waals surface area contributed by atoms with E-state index in [1.807, 2.05) is 11.8 Å². The minimum absolute atomic E-state index is 0.120. The largest absolute Gasteiger partial charge is 0.409 e. The van der Waals surface area contributed by atoms with Gasteiger partial charge in [0.1, 0.15) is 5.25 Å². The monoisotopic (exact) mass is 306 g/mol. The standard InChI is InChI=1S/C11H22N4O4S/c1-8(10(12)13-17)14-4-6-15(7-5-14)11(16)9(2)20(3,18)19/h8-9,17H,4-7H2,1-3H3,(H2,12,13). The Hall–Kier alpha value is -1.35. The molecule has 0 aromatic heterocycles. The molecule has 116 valence electrons. The van der Waals surface area contributed by atoms with Gasteiger partial charge in [-0.05, 0) is 13.8 Å². The van der Waals surface area contributed by atoms with Gasteiger partial charge in [0.25, 0.3) is 0 Å². The Morgan fingerprint density at radius 3 is 2.15 bits per heavy atom. The Kier molecular flexibility index (Phi) is 5.35. The van der Waals surface area contributed by atoms with Crippen LogP contribution < -0.4 is 5.73 Å². The van der Waals surface area contributed by atoms with Crippen molar-refractivity contribution in [1.82, 2.24) is 9.80 Å². The molecule has 20 heavy (non-hydrogen) atoms. The van der Waals surface area contributed by atoms with Crippen LogP contribution in [0.1, 0.15) is 13.8 Å². The van der Waals surface area contributed by atoms with Gasteiger partial charge in [0, 0.05) is 32.4 Å². The third kappa shape index (κ3) is 3.83. The van der Waals surface area contributed by atoms with E-state index < -0.39 is 15.1 Å². The highest BCUT2D eigenvalue weighted by Crippen LogP contribution is 2.10. The molecule has 1 aliphatic rings. The van der Waals surface area contributed by atoms with Gasteiger partial charge in [0.15, 0.2) is 15.7 Å². The van der Waals surface area contributed by atoms with E-state index in [-0.39, 0.29) is 17.8 Å². The van der Waals surface area contributed by atoms with E-state index in [1.54, 1.807) is 4.90 Å². The lowest BCUT2D eigenvalue weighted by molar-refractivity contribution is -0.132. The Balaban J connectivity index is 2.61. The second-order valence-corrected chi connectivity index (χ2v) is 7.40. The highest BCUT2D eigenvalue weighted by atomic mass is 32.2. The van der Waals surface area contributed by atoms with E-state index in [0.717, 1.165) is 6.26 Å². The molecule has 1 rings (SSSR count). The number of nitrogens with two attached hydrogens (primary N) is 1. The van der Waals surface area contributed by atoms with E-state index in [2.05, 4.69) is 5.16 Å². The summed E-state index contributed by atoms with van der Waals surface area (Å²) in [6.07, 6.45) is 1.06. The zero-order chi connectivity index (χ0) is 15.5. The average molecular weight is 306 g/mol. The first-order valence-corrected chi connectivity index (χ1v) is 8.33. The number of hydrogen-bond donors (Lipinski definition) is 2. The lowest BCUT2D eigenvalue weighted by atomic mass is 10.2. The first-order valence-electron chi connectivity index (χ1n) is 6.37. The Bertz CT molecular complexity index is 483. The number of amides is 1. The van der Waals surface area contributed by atoms with Gasteiger partial charge in [0.2, 0.25) is 5.91 Å². The summed E-state index contributed by atoms with van der Waals surface area (Å²) in [6.45, 7) is 5.19. The predicted octanol–water partition coefficient (Wildman–Crippen LogP) is -1.30. The lowest BCUT2D eigenvalue weighted by Gasteiger charge is -2.38. The highest BCUT2D eigenvalue weighted by molar-refractivity contribution is 7.92. The van der Waals surface area contributed by atoms with Gasteiger partial charge in [-0.25, -0.2) is 8.42 Å². The number of sulfone groups is 1. The van der Waals surface area contributed by atoms with Crippen LogP contribution in [0.15, 0.2) is 5.16 Å². The first-order chi connectivity index (χ1) is 9.18. The van der Waals surface area contributed by atoms with Crippen molar-refractivity contribution < 1.29 is 18.4 Å². The van der Waals surface area contributed by atoms with Gasteiger partial charge < -0.3 is 15.8 Å². The van der Waals surface area contributed by atoms with Crippen LogP contribution in [0.3, 0.4) is 0 Å². The smallest absolute Gasteiger partial charge is 0.240 e.